The van der Waals surface area contributed by atoms with Crippen LogP contribution in [0.1, 0.15) is 35.5 Å². The summed E-state index contributed by atoms with van der Waals surface area (Å²) in [4.78, 5) is 0. The van der Waals surface area contributed by atoms with Crippen molar-refractivity contribution in [1.82, 2.24) is 15.1 Å². The van der Waals surface area contributed by atoms with Crippen LogP contribution in [-0.4, -0.2) is 22.0 Å². The van der Waals surface area contributed by atoms with Crippen LogP contribution in [0.3, 0.4) is 0 Å². The predicted molar refractivity (Wildman–Crippen MR) is 82.6 cm³/mol. The minimum absolute atomic E-state index is 0.0370. The highest BCUT2D eigenvalue weighted by Crippen LogP contribution is 2.28. The summed E-state index contributed by atoms with van der Waals surface area (Å²) in [5.41, 5.74) is 4.26. The fraction of sp³-hybridized carbons (Fsp3) is 0.438. The van der Waals surface area contributed by atoms with Gasteiger partial charge >= 0.3 is 0 Å². The molecule has 0 bridgehead atoms. The number of hydrogen-bond donors (Lipinski definition) is 2. The maximum absolute atomic E-state index is 10.1. The first-order valence-corrected chi connectivity index (χ1v) is 7.03. The number of phenolic OH excluding ortho intramolecular Hbond substituents is 1. The predicted octanol–water partition coefficient (Wildman–Crippen LogP) is 2.60. The average molecular weight is 289 g/mol. The van der Waals surface area contributed by atoms with Gasteiger partial charge in [-0.25, -0.2) is 0 Å². The Bertz CT molecular complexity index is 635. The summed E-state index contributed by atoms with van der Waals surface area (Å²) >= 11 is 0. The molecule has 0 radical (unpaired) electrons. The van der Waals surface area contributed by atoms with Crippen LogP contribution in [-0.2, 0) is 13.6 Å². The van der Waals surface area contributed by atoms with E-state index in [1.165, 1.54) is 5.56 Å². The summed E-state index contributed by atoms with van der Waals surface area (Å²) in [6.45, 7) is 6.83. The van der Waals surface area contributed by atoms with Crippen LogP contribution in [0, 0.1) is 13.8 Å². The number of phenols is 1. The topological polar surface area (TPSA) is 59.3 Å². The van der Waals surface area contributed by atoms with E-state index in [-0.39, 0.29) is 11.8 Å². The first-order valence-electron chi connectivity index (χ1n) is 7.03. The second-order valence-electron chi connectivity index (χ2n) is 5.30. The molecule has 0 amide bonds. The Morgan fingerprint density at radius 3 is 2.62 bits per heavy atom. The Kier molecular flexibility index (Phi) is 4.53. The summed E-state index contributed by atoms with van der Waals surface area (Å²) in [6.07, 6.45) is 0. The smallest absolute Gasteiger partial charge is 0.124 e. The molecule has 0 spiro atoms. The molecule has 21 heavy (non-hydrogen) atoms. The fourth-order valence-electron chi connectivity index (χ4n) is 2.46. The van der Waals surface area contributed by atoms with Gasteiger partial charge in [0.15, 0.2) is 0 Å². The van der Waals surface area contributed by atoms with Crippen molar-refractivity contribution in [3.05, 3.63) is 40.7 Å². The van der Waals surface area contributed by atoms with Crippen molar-refractivity contribution in [1.29, 1.82) is 0 Å². The lowest BCUT2D eigenvalue weighted by molar-refractivity contribution is 0.404. The second-order valence-corrected chi connectivity index (χ2v) is 5.30. The summed E-state index contributed by atoms with van der Waals surface area (Å²) in [7, 11) is 3.54. The van der Waals surface area contributed by atoms with Crippen molar-refractivity contribution in [2.45, 2.75) is 33.4 Å². The molecule has 1 atom stereocenters. The number of rotatable bonds is 5. The molecular weight excluding hydrogens is 266 g/mol. The zero-order valence-corrected chi connectivity index (χ0v) is 13.3. The Labute approximate surface area is 125 Å². The highest BCUT2D eigenvalue weighted by Gasteiger charge is 2.14. The summed E-state index contributed by atoms with van der Waals surface area (Å²) in [5.74, 6) is 0.899. The Hall–Kier alpha value is -2.01. The van der Waals surface area contributed by atoms with Gasteiger partial charge in [-0.15, -0.1) is 0 Å². The van der Waals surface area contributed by atoms with E-state index in [4.69, 9.17) is 4.74 Å². The van der Waals surface area contributed by atoms with E-state index in [9.17, 15) is 5.11 Å². The van der Waals surface area contributed by atoms with Gasteiger partial charge in [0.05, 0.1) is 12.8 Å². The number of aromatic nitrogens is 2. The Morgan fingerprint density at radius 2 is 2.10 bits per heavy atom. The lowest BCUT2D eigenvalue weighted by Gasteiger charge is -2.16. The van der Waals surface area contributed by atoms with Crippen LogP contribution in [0.5, 0.6) is 11.5 Å². The zero-order chi connectivity index (χ0) is 15.6. The van der Waals surface area contributed by atoms with Gasteiger partial charge in [0.25, 0.3) is 0 Å². The Morgan fingerprint density at radius 1 is 1.38 bits per heavy atom. The average Bonchev–Trinajstić information content (AvgIpc) is 2.69. The standard InChI is InChI=1S/C16H23N3O2/c1-10(14-7-6-13(21-5)8-16(14)20)17-9-15-11(2)18-19(4)12(15)3/h6-8,10,17,20H,9H2,1-5H3. The van der Waals surface area contributed by atoms with E-state index in [1.807, 2.05) is 37.7 Å². The fourth-order valence-corrected chi connectivity index (χ4v) is 2.46. The molecule has 1 heterocycles. The lowest BCUT2D eigenvalue weighted by Crippen LogP contribution is -2.19. The number of hydrogen-bond acceptors (Lipinski definition) is 4. The van der Waals surface area contributed by atoms with E-state index in [2.05, 4.69) is 17.3 Å². The van der Waals surface area contributed by atoms with Gasteiger partial charge in [-0.2, -0.15) is 5.10 Å². The highest BCUT2D eigenvalue weighted by atomic mass is 16.5. The molecule has 5 nitrogen and oxygen atoms in total. The number of nitrogens with one attached hydrogen (secondary N) is 1. The minimum Gasteiger partial charge on any atom is -0.507 e. The Balaban J connectivity index is 2.10. The quantitative estimate of drug-likeness (QED) is 0.888. The van der Waals surface area contributed by atoms with E-state index in [0.717, 1.165) is 23.5 Å². The molecule has 1 unspecified atom stereocenters. The molecule has 2 rings (SSSR count). The van der Waals surface area contributed by atoms with E-state index < -0.39 is 0 Å². The molecule has 1 aromatic heterocycles. The molecule has 0 fully saturated rings. The molecule has 0 aliphatic rings. The summed E-state index contributed by atoms with van der Waals surface area (Å²) < 4.78 is 6.99. The van der Waals surface area contributed by atoms with E-state index in [1.54, 1.807) is 13.2 Å². The molecule has 5 heteroatoms. The highest BCUT2D eigenvalue weighted by molar-refractivity contribution is 5.41. The molecule has 1 aromatic carbocycles. The van der Waals surface area contributed by atoms with Crippen LogP contribution in [0.2, 0.25) is 0 Å². The number of ether oxygens (including phenoxy) is 1. The van der Waals surface area contributed by atoms with Gasteiger partial charge in [-0.3, -0.25) is 4.68 Å². The molecule has 0 aliphatic heterocycles. The number of methoxy groups -OCH3 is 1. The van der Waals surface area contributed by atoms with Crippen molar-refractivity contribution in [3.8, 4) is 11.5 Å². The third-order valence-corrected chi connectivity index (χ3v) is 3.95. The van der Waals surface area contributed by atoms with Crippen molar-refractivity contribution < 1.29 is 9.84 Å². The molecule has 0 aliphatic carbocycles. The molecular formula is C16H23N3O2. The number of aryl methyl sites for hydroxylation is 2. The zero-order valence-electron chi connectivity index (χ0n) is 13.3. The lowest BCUT2D eigenvalue weighted by atomic mass is 10.1. The minimum atomic E-state index is 0.0370. The normalized spacial score (nSPS) is 12.4. The first-order chi connectivity index (χ1) is 9.93. The molecule has 2 N–H and O–H groups in total. The van der Waals surface area contributed by atoms with Crippen molar-refractivity contribution in [3.63, 3.8) is 0 Å². The second kappa shape index (κ2) is 6.18. The van der Waals surface area contributed by atoms with Gasteiger partial charge in [0.2, 0.25) is 0 Å². The largest absolute Gasteiger partial charge is 0.507 e. The van der Waals surface area contributed by atoms with Crippen molar-refractivity contribution >= 4 is 0 Å². The van der Waals surface area contributed by atoms with Gasteiger partial charge in [-0.05, 0) is 26.8 Å². The maximum atomic E-state index is 10.1. The van der Waals surface area contributed by atoms with Crippen LogP contribution in [0.4, 0.5) is 0 Å². The van der Waals surface area contributed by atoms with Crippen molar-refractivity contribution in [2.24, 2.45) is 7.05 Å². The number of benzene rings is 1. The summed E-state index contributed by atoms with van der Waals surface area (Å²) in [6, 6.07) is 5.41. The molecule has 114 valence electrons. The number of nitrogens with zero attached hydrogens (tertiary/aromatic N) is 2. The van der Waals surface area contributed by atoms with Crippen molar-refractivity contribution in [2.75, 3.05) is 7.11 Å². The third kappa shape index (κ3) is 3.19. The van der Waals surface area contributed by atoms with Gasteiger partial charge in [0.1, 0.15) is 11.5 Å². The van der Waals surface area contributed by atoms with Crippen LogP contribution < -0.4 is 10.1 Å². The monoisotopic (exact) mass is 289 g/mol. The summed E-state index contributed by atoms with van der Waals surface area (Å²) in [5, 5.41) is 17.9. The van der Waals surface area contributed by atoms with Gasteiger partial charge in [0, 0.05) is 42.5 Å². The van der Waals surface area contributed by atoms with Crippen LogP contribution >= 0.6 is 0 Å². The SMILES string of the molecule is COc1ccc(C(C)NCc2c(C)nn(C)c2C)c(O)c1. The number of aromatic hydroxyl groups is 1. The molecule has 2 aromatic rings. The van der Waals surface area contributed by atoms with Gasteiger partial charge < -0.3 is 15.2 Å². The third-order valence-electron chi connectivity index (χ3n) is 3.95. The van der Waals surface area contributed by atoms with E-state index >= 15 is 0 Å². The van der Waals surface area contributed by atoms with Crippen LogP contribution in [0.15, 0.2) is 18.2 Å². The first kappa shape index (κ1) is 15.4. The maximum Gasteiger partial charge on any atom is 0.124 e. The molecule has 0 saturated heterocycles. The molecule has 0 saturated carbocycles. The van der Waals surface area contributed by atoms with Crippen LogP contribution in [0.25, 0.3) is 0 Å². The van der Waals surface area contributed by atoms with E-state index in [0.29, 0.717) is 5.75 Å². The van der Waals surface area contributed by atoms with Gasteiger partial charge in [-0.1, -0.05) is 6.07 Å².